The molecular formula is C29H33ClN4O4S. The maximum absolute atomic E-state index is 13.7. The van der Waals surface area contributed by atoms with E-state index in [2.05, 4.69) is 5.32 Å². The van der Waals surface area contributed by atoms with Crippen molar-refractivity contribution in [1.29, 1.82) is 0 Å². The summed E-state index contributed by atoms with van der Waals surface area (Å²) in [6.45, 7) is 4.32. The summed E-state index contributed by atoms with van der Waals surface area (Å²) in [7, 11) is 1.60. The van der Waals surface area contributed by atoms with E-state index in [-0.39, 0.29) is 12.1 Å². The molecule has 1 unspecified atom stereocenters. The van der Waals surface area contributed by atoms with Crippen LogP contribution in [0.15, 0.2) is 58.9 Å². The fourth-order valence-electron chi connectivity index (χ4n) is 5.05. The Kier molecular flexibility index (Phi) is 8.67. The Morgan fingerprint density at radius 2 is 1.95 bits per heavy atom. The molecule has 0 bridgehead atoms. The van der Waals surface area contributed by atoms with Gasteiger partial charge in [0.05, 0.1) is 19.3 Å². The van der Waals surface area contributed by atoms with Crippen molar-refractivity contribution in [2.75, 3.05) is 19.0 Å². The molecule has 2 aromatic carbocycles. The number of benzene rings is 2. The number of esters is 1. The molecule has 8 nitrogen and oxygen atoms in total. The fourth-order valence-corrected chi connectivity index (χ4v) is 6.16. The van der Waals surface area contributed by atoms with Gasteiger partial charge in [-0.3, -0.25) is 0 Å². The summed E-state index contributed by atoms with van der Waals surface area (Å²) >= 11 is 7.85. The summed E-state index contributed by atoms with van der Waals surface area (Å²) in [6.07, 6.45) is 5.05. The minimum atomic E-state index is -0.552. The zero-order valence-electron chi connectivity index (χ0n) is 22.4. The molecule has 1 saturated carbocycles. The van der Waals surface area contributed by atoms with Crippen molar-refractivity contribution in [3.63, 3.8) is 0 Å². The molecule has 1 fully saturated rings. The first-order valence-electron chi connectivity index (χ1n) is 13.3. The summed E-state index contributed by atoms with van der Waals surface area (Å²) in [4.78, 5) is 18.4. The minimum absolute atomic E-state index is 0.0686. The number of carbonyl (C=O) groups excluding carboxylic acids is 1. The van der Waals surface area contributed by atoms with Gasteiger partial charge < -0.3 is 19.5 Å². The van der Waals surface area contributed by atoms with Crippen LogP contribution in [-0.4, -0.2) is 40.6 Å². The maximum atomic E-state index is 13.7. The SMILES string of the molecule is CCOc1ccc(C2C(C(=O)OC3CCCCC3)=C(C)Nc3nc(SCc4ccccc4Cl)nn32)cc1OC. The second kappa shape index (κ2) is 12.3. The molecule has 0 radical (unpaired) electrons. The van der Waals surface area contributed by atoms with Crippen LogP contribution in [0.1, 0.15) is 63.1 Å². The monoisotopic (exact) mass is 568 g/mol. The van der Waals surface area contributed by atoms with Crippen molar-refractivity contribution in [3.05, 3.63) is 69.9 Å². The van der Waals surface area contributed by atoms with Crippen LogP contribution in [0.25, 0.3) is 0 Å². The lowest BCUT2D eigenvalue weighted by atomic mass is 9.94. The molecule has 0 saturated heterocycles. The highest BCUT2D eigenvalue weighted by Crippen LogP contribution is 2.40. The Morgan fingerprint density at radius 3 is 2.69 bits per heavy atom. The van der Waals surface area contributed by atoms with Gasteiger partial charge in [0.1, 0.15) is 12.1 Å². The third-order valence-electron chi connectivity index (χ3n) is 7.00. The van der Waals surface area contributed by atoms with Gasteiger partial charge in [-0.05, 0) is 68.9 Å². The standard InChI is InChI=1S/C29H33ClN4O4S/c1-4-37-23-15-14-19(16-24(23)36-3)26-25(27(35)38-21-11-6-5-7-12-21)18(2)31-28-32-29(33-34(26)28)39-17-20-10-8-9-13-22(20)30/h8-10,13-16,21,26H,4-7,11-12,17H2,1-3H3,(H,31,32,33). The van der Waals surface area contributed by atoms with E-state index in [0.717, 1.165) is 36.8 Å². The molecule has 2 aliphatic rings. The third-order valence-corrected chi connectivity index (χ3v) is 8.25. The summed E-state index contributed by atoms with van der Waals surface area (Å²) in [6, 6.07) is 12.9. The lowest BCUT2D eigenvalue weighted by Crippen LogP contribution is -2.32. The Hall–Kier alpha value is -3.17. The number of halogens is 1. The molecule has 1 aliphatic heterocycles. The van der Waals surface area contributed by atoms with E-state index in [0.29, 0.717) is 51.3 Å². The van der Waals surface area contributed by atoms with Crippen LogP contribution in [0.3, 0.4) is 0 Å². The summed E-state index contributed by atoms with van der Waals surface area (Å²) < 4.78 is 19.2. The number of methoxy groups -OCH3 is 1. The van der Waals surface area contributed by atoms with Crippen LogP contribution in [-0.2, 0) is 15.3 Å². The van der Waals surface area contributed by atoms with Gasteiger partial charge in [-0.2, -0.15) is 4.98 Å². The van der Waals surface area contributed by atoms with Gasteiger partial charge in [-0.1, -0.05) is 54.0 Å². The molecule has 1 N–H and O–H groups in total. The Labute approximate surface area is 238 Å². The first-order chi connectivity index (χ1) is 19.0. The topological polar surface area (TPSA) is 87.5 Å². The highest BCUT2D eigenvalue weighted by atomic mass is 35.5. The highest BCUT2D eigenvalue weighted by molar-refractivity contribution is 7.98. The molecular weight excluding hydrogens is 536 g/mol. The second-order valence-electron chi connectivity index (χ2n) is 9.62. The zero-order chi connectivity index (χ0) is 27.4. The summed E-state index contributed by atoms with van der Waals surface area (Å²) in [5.74, 6) is 2.06. The largest absolute Gasteiger partial charge is 0.493 e. The molecule has 1 atom stereocenters. The van der Waals surface area contributed by atoms with E-state index in [4.69, 9.17) is 35.9 Å². The number of allylic oxidation sites excluding steroid dienone is 1. The fraction of sp³-hybridized carbons (Fsp3) is 0.414. The quantitative estimate of drug-likeness (QED) is 0.223. The highest BCUT2D eigenvalue weighted by Gasteiger charge is 2.37. The van der Waals surface area contributed by atoms with Gasteiger partial charge in [-0.15, -0.1) is 5.10 Å². The van der Waals surface area contributed by atoms with E-state index in [1.807, 2.05) is 56.3 Å². The molecule has 2 heterocycles. The van der Waals surface area contributed by atoms with E-state index < -0.39 is 6.04 Å². The molecule has 0 amide bonds. The minimum Gasteiger partial charge on any atom is -0.493 e. The number of ether oxygens (including phenoxy) is 3. The van der Waals surface area contributed by atoms with Gasteiger partial charge in [0, 0.05) is 16.5 Å². The molecule has 206 valence electrons. The number of hydrogen-bond acceptors (Lipinski definition) is 8. The number of anilines is 1. The number of hydrogen-bond donors (Lipinski definition) is 1. The normalized spacial score (nSPS) is 17.4. The lowest BCUT2D eigenvalue weighted by molar-refractivity contribution is -0.146. The Balaban J connectivity index is 1.50. The van der Waals surface area contributed by atoms with E-state index >= 15 is 0 Å². The smallest absolute Gasteiger partial charge is 0.338 e. The Bertz CT molecular complexity index is 1370. The lowest BCUT2D eigenvalue weighted by Gasteiger charge is -2.30. The van der Waals surface area contributed by atoms with Crippen LogP contribution in [0.5, 0.6) is 11.5 Å². The van der Waals surface area contributed by atoms with Crippen molar-refractivity contribution in [1.82, 2.24) is 14.8 Å². The van der Waals surface area contributed by atoms with Crippen LogP contribution >= 0.6 is 23.4 Å². The number of thioether (sulfide) groups is 1. The van der Waals surface area contributed by atoms with Gasteiger partial charge in [0.15, 0.2) is 11.5 Å². The molecule has 3 aromatic rings. The predicted molar refractivity (Wildman–Crippen MR) is 153 cm³/mol. The number of fused-ring (bicyclic) bond motifs is 1. The van der Waals surface area contributed by atoms with Crippen molar-refractivity contribution >= 4 is 35.3 Å². The third kappa shape index (κ3) is 6.04. The summed E-state index contributed by atoms with van der Waals surface area (Å²) in [5.41, 5.74) is 3.02. The molecule has 5 rings (SSSR count). The van der Waals surface area contributed by atoms with Crippen LogP contribution in [0.2, 0.25) is 5.02 Å². The average molecular weight is 569 g/mol. The number of nitrogens with zero attached hydrogens (tertiary/aromatic N) is 3. The Morgan fingerprint density at radius 1 is 1.15 bits per heavy atom. The van der Waals surface area contributed by atoms with E-state index in [9.17, 15) is 4.79 Å². The van der Waals surface area contributed by atoms with Crippen LogP contribution in [0, 0.1) is 0 Å². The molecule has 39 heavy (non-hydrogen) atoms. The number of rotatable bonds is 9. The van der Waals surface area contributed by atoms with Crippen molar-refractivity contribution < 1.29 is 19.0 Å². The zero-order valence-corrected chi connectivity index (χ0v) is 24.0. The molecule has 0 spiro atoms. The van der Waals surface area contributed by atoms with E-state index in [1.54, 1.807) is 11.8 Å². The second-order valence-corrected chi connectivity index (χ2v) is 11.0. The van der Waals surface area contributed by atoms with Crippen molar-refractivity contribution in [2.24, 2.45) is 0 Å². The van der Waals surface area contributed by atoms with Crippen LogP contribution in [0.4, 0.5) is 5.95 Å². The van der Waals surface area contributed by atoms with E-state index in [1.165, 1.54) is 18.2 Å². The van der Waals surface area contributed by atoms with Gasteiger partial charge in [0.25, 0.3) is 0 Å². The maximum Gasteiger partial charge on any atom is 0.338 e. The summed E-state index contributed by atoms with van der Waals surface area (Å²) in [5, 5.41) is 9.41. The van der Waals surface area contributed by atoms with Gasteiger partial charge >= 0.3 is 5.97 Å². The van der Waals surface area contributed by atoms with Crippen molar-refractivity contribution in [3.8, 4) is 11.5 Å². The predicted octanol–water partition coefficient (Wildman–Crippen LogP) is 6.80. The first-order valence-corrected chi connectivity index (χ1v) is 14.7. The number of nitrogens with one attached hydrogen (secondary N) is 1. The average Bonchev–Trinajstić information content (AvgIpc) is 3.35. The molecule has 1 aliphatic carbocycles. The van der Waals surface area contributed by atoms with Crippen LogP contribution < -0.4 is 14.8 Å². The number of carbonyl (C=O) groups is 1. The first kappa shape index (κ1) is 27.4. The van der Waals surface area contributed by atoms with Gasteiger partial charge in [-0.25, -0.2) is 9.48 Å². The van der Waals surface area contributed by atoms with Crippen molar-refractivity contribution in [2.45, 2.75) is 69.0 Å². The molecule has 1 aromatic heterocycles. The number of aromatic nitrogens is 3. The molecule has 10 heteroatoms. The van der Waals surface area contributed by atoms with Gasteiger partial charge in [0.2, 0.25) is 11.1 Å².